The zero-order chi connectivity index (χ0) is 29.5. The molecule has 228 valence electrons. The monoisotopic (exact) mass is 596 g/mol. The van der Waals surface area contributed by atoms with Crippen LogP contribution >= 0.6 is 0 Å². The molecule has 10 heteroatoms. The number of likely N-dealkylation sites (N-methyl/N-ethyl adjacent to an activating group) is 2. The Morgan fingerprint density at radius 1 is 0.705 bits per heavy atom. The van der Waals surface area contributed by atoms with Gasteiger partial charge in [0, 0.05) is 45.9 Å². The number of aliphatic hydroxyl groups excluding tert-OH is 2. The van der Waals surface area contributed by atoms with E-state index in [9.17, 15) is 10.2 Å². The Morgan fingerprint density at radius 3 is 1.61 bits per heavy atom. The van der Waals surface area contributed by atoms with Crippen LogP contribution in [0, 0.1) is 11.8 Å². The van der Waals surface area contributed by atoms with E-state index in [0.29, 0.717) is 35.1 Å². The molecule has 44 heavy (non-hydrogen) atoms. The number of aliphatic hydroxyl groups is 2. The number of ether oxygens (including phenoxy) is 2. The molecular formula is C34H36N4O6. The second kappa shape index (κ2) is 8.63. The molecule has 10 rings (SSSR count). The van der Waals surface area contributed by atoms with Crippen LogP contribution in [0.4, 0.5) is 0 Å². The molecule has 4 bridgehead atoms. The summed E-state index contributed by atoms with van der Waals surface area (Å²) in [6.07, 6.45) is 9.81. The van der Waals surface area contributed by atoms with Gasteiger partial charge in [0.1, 0.15) is 24.4 Å². The van der Waals surface area contributed by atoms with Crippen LogP contribution in [0.15, 0.2) is 59.1 Å². The third-order valence-corrected chi connectivity index (χ3v) is 12.6. The molecule has 0 saturated carbocycles. The van der Waals surface area contributed by atoms with E-state index in [1.54, 1.807) is 0 Å². The Labute approximate surface area is 255 Å². The highest BCUT2D eigenvalue weighted by molar-refractivity contribution is 5.63. The number of hydrogen-bond acceptors (Lipinski definition) is 10. The van der Waals surface area contributed by atoms with E-state index in [2.05, 4.69) is 58.7 Å². The van der Waals surface area contributed by atoms with E-state index < -0.39 is 12.2 Å². The Balaban J connectivity index is 0.959. The lowest BCUT2D eigenvalue weighted by Crippen LogP contribution is -2.64. The van der Waals surface area contributed by atoms with E-state index in [1.165, 1.54) is 11.1 Å². The summed E-state index contributed by atoms with van der Waals surface area (Å²) in [7, 11) is 4.39. The van der Waals surface area contributed by atoms with E-state index in [0.717, 1.165) is 49.9 Å². The second-order valence-electron chi connectivity index (χ2n) is 14.2. The summed E-state index contributed by atoms with van der Waals surface area (Å²) < 4.78 is 13.1. The van der Waals surface area contributed by atoms with Crippen molar-refractivity contribution in [1.82, 2.24) is 9.80 Å². The van der Waals surface area contributed by atoms with Gasteiger partial charge in [0.15, 0.2) is 11.5 Å². The van der Waals surface area contributed by atoms with Gasteiger partial charge >= 0.3 is 0 Å². The average molecular weight is 597 g/mol. The van der Waals surface area contributed by atoms with Crippen LogP contribution in [0.5, 0.6) is 23.0 Å². The third kappa shape index (κ3) is 2.96. The summed E-state index contributed by atoms with van der Waals surface area (Å²) in [4.78, 5) is 16.6. The Hall–Kier alpha value is -3.44. The topological polar surface area (TPSA) is 109 Å². The van der Waals surface area contributed by atoms with Crippen molar-refractivity contribution in [1.29, 1.82) is 0 Å². The average Bonchev–Trinajstić information content (AvgIpc) is 3.56. The van der Waals surface area contributed by atoms with Crippen LogP contribution in [0.2, 0.25) is 0 Å². The first-order valence-corrected chi connectivity index (χ1v) is 16.0. The highest BCUT2D eigenvalue weighted by Crippen LogP contribution is 2.64. The van der Waals surface area contributed by atoms with Crippen molar-refractivity contribution in [2.45, 2.75) is 73.0 Å². The van der Waals surface area contributed by atoms with Crippen LogP contribution in [-0.4, -0.2) is 83.7 Å². The van der Waals surface area contributed by atoms with Crippen LogP contribution in [0.25, 0.3) is 0 Å². The molecule has 2 aromatic carbocycles. The molecule has 2 spiro atoms. The first-order valence-electron chi connectivity index (χ1n) is 16.0. The van der Waals surface area contributed by atoms with Gasteiger partial charge in [-0.2, -0.15) is 0 Å². The Morgan fingerprint density at radius 2 is 1.16 bits per heavy atom. The van der Waals surface area contributed by atoms with Gasteiger partial charge in [-0.1, -0.05) is 36.4 Å². The molecular weight excluding hydrogens is 560 g/mol. The zero-order valence-corrected chi connectivity index (χ0v) is 24.8. The summed E-state index contributed by atoms with van der Waals surface area (Å²) >= 11 is 0. The summed E-state index contributed by atoms with van der Waals surface area (Å²) in [6, 6.07) is 8.73. The number of piperidine rings is 2. The van der Waals surface area contributed by atoms with E-state index in [-0.39, 0.29) is 34.9 Å². The number of nitrogens with zero attached hydrogens (tertiary/aromatic N) is 4. The molecule has 0 amide bonds. The minimum atomic E-state index is -0.681. The molecule has 4 heterocycles. The molecule has 10 atom stereocenters. The lowest BCUT2D eigenvalue weighted by atomic mass is 9.53. The quantitative estimate of drug-likeness (QED) is 0.315. The van der Waals surface area contributed by atoms with Gasteiger partial charge in [-0.05, 0) is 76.1 Å². The number of rotatable bonds is 4. The molecule has 4 aliphatic carbocycles. The smallest absolute Gasteiger partial charge is 0.202 e. The minimum Gasteiger partial charge on any atom is -0.482 e. The molecule has 8 aliphatic rings. The van der Waals surface area contributed by atoms with Crippen molar-refractivity contribution in [3.05, 3.63) is 70.8 Å². The fraction of sp³-hybridized carbons (Fsp3) is 0.529. The second-order valence-corrected chi connectivity index (χ2v) is 14.2. The minimum absolute atomic E-state index is 0.272. The van der Waals surface area contributed by atoms with Crippen molar-refractivity contribution in [3.8, 4) is 23.0 Å². The molecule has 2 fully saturated rings. The number of benzene rings is 2. The fourth-order valence-electron chi connectivity index (χ4n) is 10.7. The lowest BCUT2D eigenvalue weighted by molar-refractivity contribution is -0.0456. The van der Waals surface area contributed by atoms with Gasteiger partial charge in [-0.15, -0.1) is 0 Å². The van der Waals surface area contributed by atoms with Gasteiger partial charge in [0.25, 0.3) is 0 Å². The first kappa shape index (κ1) is 25.8. The van der Waals surface area contributed by atoms with Crippen LogP contribution < -0.4 is 19.1 Å². The van der Waals surface area contributed by atoms with Gasteiger partial charge in [-0.3, -0.25) is 0 Å². The fourth-order valence-corrected chi connectivity index (χ4v) is 10.7. The van der Waals surface area contributed by atoms with E-state index in [1.807, 2.05) is 24.3 Å². The van der Waals surface area contributed by atoms with Crippen molar-refractivity contribution in [2.75, 3.05) is 27.2 Å². The zero-order valence-electron chi connectivity index (χ0n) is 24.8. The highest BCUT2D eigenvalue weighted by atomic mass is 16.7. The maximum atomic E-state index is 11.0. The molecule has 2 aromatic rings. The molecule has 2 N–H and O–H groups in total. The maximum absolute atomic E-state index is 11.0. The molecule has 4 aliphatic heterocycles. The summed E-state index contributed by atoms with van der Waals surface area (Å²) in [5, 5.41) is 30.0. The van der Waals surface area contributed by atoms with Gasteiger partial charge < -0.3 is 39.2 Å². The van der Waals surface area contributed by atoms with Gasteiger partial charge in [0.2, 0.25) is 11.5 Å². The van der Waals surface area contributed by atoms with Crippen LogP contribution in [0.3, 0.4) is 0 Å². The summed E-state index contributed by atoms with van der Waals surface area (Å²) in [6.45, 7) is 1.91. The predicted octanol–water partition coefficient (Wildman–Crippen LogP) is 3.04. The lowest BCUT2D eigenvalue weighted by Gasteiger charge is -2.56. The summed E-state index contributed by atoms with van der Waals surface area (Å²) in [5.74, 6) is 2.80. The first-order chi connectivity index (χ1) is 21.4. The normalized spacial score (nSPS) is 41.6. The number of hydrogen-bond donors (Lipinski definition) is 2. The molecule has 0 aromatic heterocycles. The van der Waals surface area contributed by atoms with E-state index in [4.69, 9.17) is 19.1 Å². The largest absolute Gasteiger partial charge is 0.482 e. The van der Waals surface area contributed by atoms with Gasteiger partial charge in [0.05, 0.1) is 10.6 Å². The molecule has 0 radical (unpaired) electrons. The maximum Gasteiger partial charge on any atom is 0.202 e. The third-order valence-electron chi connectivity index (χ3n) is 12.6. The Kier molecular flexibility index (Phi) is 5.07. The van der Waals surface area contributed by atoms with Crippen molar-refractivity contribution in [2.24, 2.45) is 22.4 Å². The van der Waals surface area contributed by atoms with E-state index >= 15 is 0 Å². The number of likely N-dealkylation sites (tertiary alicyclic amines) is 2. The van der Waals surface area contributed by atoms with Crippen molar-refractivity contribution in [3.63, 3.8) is 0 Å². The summed E-state index contributed by atoms with van der Waals surface area (Å²) in [5.41, 5.74) is 4.27. The van der Waals surface area contributed by atoms with Crippen LogP contribution in [-0.2, 0) is 23.7 Å². The standard InChI is InChI=1S/C34H36N4O6/c1-37-13-11-33-19-5-7-23(39)31(33)41-29-25(9-3-17(27(29)33)15-21(19)37)43-35-36-44-26-10-4-18-16-22-20-6-8-24(40)32-34(20,12-14-38(22)2)28(18)30(26)42-32/h3-10,19-24,31-32,39-40H,11-16H2,1-2H3/t19-,20-,21+,22+,23-,24-,31-,32-,33-,34+/m0/s1. The van der Waals surface area contributed by atoms with Crippen LogP contribution in [0.1, 0.15) is 35.1 Å². The molecule has 0 unspecified atom stereocenters. The predicted molar refractivity (Wildman–Crippen MR) is 158 cm³/mol. The van der Waals surface area contributed by atoms with Gasteiger partial charge in [-0.25, -0.2) is 0 Å². The molecule has 10 nitrogen and oxygen atoms in total. The van der Waals surface area contributed by atoms with Crippen molar-refractivity contribution >= 4 is 0 Å². The SMILES string of the molecule is CN1CC[C@@]23c4c5ccc(ON=NOc6ccc7c8c6O[C@H]6[C@@H](O)C=C[C@H]9[C@@H](C7)N(C)CC[C@@]896)c4O[C@H]2[C@@H](O)C=C[C@H]3[C@H]1C5. The highest BCUT2D eigenvalue weighted by Gasteiger charge is 2.65. The molecule has 2 saturated heterocycles. The Bertz CT molecular complexity index is 1570. The van der Waals surface area contributed by atoms with Crippen molar-refractivity contribution < 1.29 is 29.4 Å².